The number of hydrogen-bond acceptors (Lipinski definition) is 2. The van der Waals surface area contributed by atoms with Gasteiger partial charge in [0, 0.05) is 18.0 Å². The van der Waals surface area contributed by atoms with Crippen LogP contribution >= 0.6 is 28.1 Å². The Hall–Kier alpha value is -0.220. The van der Waals surface area contributed by atoms with Gasteiger partial charge in [-0.3, -0.25) is 0 Å². The Morgan fingerprint density at radius 3 is 2.50 bits per heavy atom. The minimum Gasteiger partial charge on any atom is -0.346 e. The molecule has 0 bridgehead atoms. The average Bonchev–Trinajstić information content (AvgIpc) is 2.74. The summed E-state index contributed by atoms with van der Waals surface area (Å²) in [6.45, 7) is 6.68. The Morgan fingerprint density at radius 1 is 1.33 bits per heavy atom. The van der Waals surface area contributed by atoms with Crippen LogP contribution in [0.25, 0.3) is 0 Å². The van der Waals surface area contributed by atoms with E-state index in [4.69, 9.17) is 12.2 Å². The van der Waals surface area contributed by atoms with Gasteiger partial charge in [0.1, 0.15) is 10.5 Å². The molecule has 2 rings (SSSR count). The first kappa shape index (κ1) is 14.2. The molecule has 1 N–H and O–H groups in total. The predicted molar refractivity (Wildman–Crippen MR) is 81.5 cm³/mol. The van der Waals surface area contributed by atoms with Crippen LogP contribution in [0.4, 0.5) is 0 Å². The molecule has 0 spiro atoms. The molecule has 1 aliphatic carbocycles. The zero-order valence-electron chi connectivity index (χ0n) is 11.3. The molecule has 0 saturated heterocycles. The smallest absolute Gasteiger partial charge is 0.144 e. The van der Waals surface area contributed by atoms with Gasteiger partial charge in [-0.05, 0) is 34.2 Å². The van der Waals surface area contributed by atoms with E-state index in [0.717, 1.165) is 16.7 Å². The second-order valence-electron chi connectivity index (χ2n) is 6.44. The highest BCUT2D eigenvalue weighted by Gasteiger charge is 2.22. The van der Waals surface area contributed by atoms with Crippen LogP contribution in [0.5, 0.6) is 0 Å². The summed E-state index contributed by atoms with van der Waals surface area (Å²) in [7, 11) is 0. The van der Waals surface area contributed by atoms with Crippen LogP contribution in [0, 0.1) is 10.1 Å². The molecule has 1 fully saturated rings. The maximum absolute atomic E-state index is 5.37. The fourth-order valence-corrected chi connectivity index (χ4v) is 3.34. The summed E-state index contributed by atoms with van der Waals surface area (Å²) >= 11 is 8.98. The summed E-state index contributed by atoms with van der Waals surface area (Å²) < 4.78 is 1.71. The van der Waals surface area contributed by atoms with Gasteiger partial charge < -0.3 is 4.98 Å². The average molecular weight is 329 g/mol. The van der Waals surface area contributed by atoms with Crippen LogP contribution in [-0.4, -0.2) is 9.97 Å². The minimum atomic E-state index is 0.228. The van der Waals surface area contributed by atoms with Crippen molar-refractivity contribution >= 4 is 28.1 Å². The van der Waals surface area contributed by atoms with Gasteiger partial charge in [0.25, 0.3) is 0 Å². The summed E-state index contributed by atoms with van der Waals surface area (Å²) in [4.78, 5) is 8.03. The van der Waals surface area contributed by atoms with Crippen LogP contribution < -0.4 is 0 Å². The van der Waals surface area contributed by atoms with Gasteiger partial charge in [0.15, 0.2) is 0 Å². The second kappa shape index (κ2) is 5.41. The summed E-state index contributed by atoms with van der Waals surface area (Å²) in [5.74, 6) is 1.65. The summed E-state index contributed by atoms with van der Waals surface area (Å²) in [6, 6.07) is 0. The summed E-state index contributed by atoms with van der Waals surface area (Å²) in [5.41, 5.74) is 1.50. The lowest BCUT2D eigenvalue weighted by Crippen LogP contribution is -2.14. The fraction of sp³-hybridized carbons (Fsp3) is 0.714. The van der Waals surface area contributed by atoms with Crippen LogP contribution in [0.3, 0.4) is 0 Å². The number of aromatic amines is 1. The highest BCUT2D eigenvalue weighted by Crippen LogP contribution is 2.37. The number of hydrogen-bond donors (Lipinski definition) is 1. The van der Waals surface area contributed by atoms with Crippen molar-refractivity contribution in [1.82, 2.24) is 9.97 Å². The maximum atomic E-state index is 5.37. The molecular weight excluding hydrogens is 308 g/mol. The van der Waals surface area contributed by atoms with E-state index >= 15 is 0 Å². The van der Waals surface area contributed by atoms with Crippen molar-refractivity contribution in [2.75, 3.05) is 0 Å². The van der Waals surface area contributed by atoms with Crippen molar-refractivity contribution in [3.8, 4) is 0 Å². The van der Waals surface area contributed by atoms with E-state index in [1.54, 1.807) is 0 Å². The van der Waals surface area contributed by atoms with Gasteiger partial charge in [-0.25, -0.2) is 4.98 Å². The SMILES string of the molecule is CC(C)(C)Cc1nc(=S)c(Br)c(C2CCCC2)[nH]1. The van der Waals surface area contributed by atoms with Crippen molar-refractivity contribution in [2.24, 2.45) is 5.41 Å². The fourth-order valence-electron chi connectivity index (χ4n) is 2.61. The first-order chi connectivity index (χ1) is 8.37. The Kier molecular flexibility index (Phi) is 4.27. The Balaban J connectivity index is 2.36. The zero-order chi connectivity index (χ0) is 13.3. The van der Waals surface area contributed by atoms with Gasteiger partial charge >= 0.3 is 0 Å². The molecule has 100 valence electrons. The lowest BCUT2D eigenvalue weighted by Gasteiger charge is -2.19. The Morgan fingerprint density at radius 2 is 1.94 bits per heavy atom. The molecule has 4 heteroatoms. The predicted octanol–water partition coefficient (Wildman–Crippen LogP) is 5.15. The van der Waals surface area contributed by atoms with E-state index in [-0.39, 0.29) is 5.41 Å². The molecule has 0 amide bonds. The molecule has 0 radical (unpaired) electrons. The Bertz CT molecular complexity index is 482. The van der Waals surface area contributed by atoms with Crippen molar-refractivity contribution in [3.63, 3.8) is 0 Å². The van der Waals surface area contributed by atoms with E-state index in [1.165, 1.54) is 31.4 Å². The molecule has 2 nitrogen and oxygen atoms in total. The van der Waals surface area contributed by atoms with E-state index in [9.17, 15) is 0 Å². The normalized spacial score (nSPS) is 17.3. The lowest BCUT2D eigenvalue weighted by atomic mass is 9.92. The maximum Gasteiger partial charge on any atom is 0.144 e. The zero-order valence-corrected chi connectivity index (χ0v) is 13.7. The molecule has 1 aromatic rings. The van der Waals surface area contributed by atoms with Crippen LogP contribution in [0.15, 0.2) is 4.47 Å². The van der Waals surface area contributed by atoms with Crippen LogP contribution in [0.2, 0.25) is 0 Å². The number of aromatic nitrogens is 2. The van der Waals surface area contributed by atoms with Gasteiger partial charge in [0.2, 0.25) is 0 Å². The summed E-state index contributed by atoms with van der Waals surface area (Å²) in [5, 5.41) is 0. The molecule has 1 heterocycles. The van der Waals surface area contributed by atoms with Crippen molar-refractivity contribution in [3.05, 3.63) is 20.6 Å². The topological polar surface area (TPSA) is 28.7 Å². The van der Waals surface area contributed by atoms with Crippen LogP contribution in [0.1, 0.15) is 63.9 Å². The van der Waals surface area contributed by atoms with E-state index < -0.39 is 0 Å². The number of nitrogens with one attached hydrogen (secondary N) is 1. The third-order valence-electron chi connectivity index (χ3n) is 3.40. The third kappa shape index (κ3) is 3.41. The van der Waals surface area contributed by atoms with Crippen molar-refractivity contribution < 1.29 is 0 Å². The molecule has 18 heavy (non-hydrogen) atoms. The van der Waals surface area contributed by atoms with E-state index in [2.05, 4.69) is 46.7 Å². The second-order valence-corrected chi connectivity index (χ2v) is 7.61. The molecule has 1 saturated carbocycles. The Labute approximate surface area is 123 Å². The molecule has 0 unspecified atom stereocenters. The molecule has 1 aromatic heterocycles. The molecule has 0 aromatic carbocycles. The first-order valence-electron chi connectivity index (χ1n) is 6.65. The monoisotopic (exact) mass is 328 g/mol. The van der Waals surface area contributed by atoms with Crippen molar-refractivity contribution in [1.29, 1.82) is 0 Å². The van der Waals surface area contributed by atoms with Crippen molar-refractivity contribution in [2.45, 2.75) is 58.8 Å². The quantitative estimate of drug-likeness (QED) is 0.760. The molecule has 1 aliphatic rings. The molecule has 0 atom stereocenters. The molecule has 0 aliphatic heterocycles. The largest absolute Gasteiger partial charge is 0.346 e. The standard InChI is InChI=1S/C14H21BrN2S/c1-14(2,3)8-10-16-12(9-6-4-5-7-9)11(15)13(18)17-10/h9H,4-8H2,1-3H3,(H,16,17,18). The van der Waals surface area contributed by atoms with Crippen LogP contribution in [-0.2, 0) is 6.42 Å². The number of halogens is 1. The van der Waals surface area contributed by atoms with Gasteiger partial charge in [-0.15, -0.1) is 0 Å². The molecular formula is C14H21BrN2S. The highest BCUT2D eigenvalue weighted by atomic mass is 79.9. The highest BCUT2D eigenvalue weighted by molar-refractivity contribution is 9.10. The summed E-state index contributed by atoms with van der Waals surface area (Å²) in [6.07, 6.45) is 6.12. The van der Waals surface area contributed by atoms with E-state index in [1.807, 2.05) is 0 Å². The van der Waals surface area contributed by atoms with Gasteiger partial charge in [0.05, 0.1) is 4.47 Å². The lowest BCUT2D eigenvalue weighted by molar-refractivity contribution is 0.399. The third-order valence-corrected chi connectivity index (χ3v) is 4.76. The van der Waals surface area contributed by atoms with Gasteiger partial charge in [-0.1, -0.05) is 45.8 Å². The van der Waals surface area contributed by atoms with E-state index in [0.29, 0.717) is 10.6 Å². The minimum absolute atomic E-state index is 0.228. The number of H-pyrrole nitrogens is 1. The van der Waals surface area contributed by atoms with Gasteiger partial charge in [-0.2, -0.15) is 0 Å². The number of rotatable bonds is 2. The number of nitrogens with zero attached hydrogens (tertiary/aromatic N) is 1. The first-order valence-corrected chi connectivity index (χ1v) is 7.85.